The summed E-state index contributed by atoms with van der Waals surface area (Å²) in [5.74, 6) is 1.51. The lowest BCUT2D eigenvalue weighted by molar-refractivity contribution is 0.136. The van der Waals surface area contributed by atoms with E-state index in [0.717, 1.165) is 36.8 Å². The zero-order valence-electron chi connectivity index (χ0n) is 15.2. The molecule has 2 aromatic carbocycles. The molecule has 0 aliphatic carbocycles. The van der Waals surface area contributed by atoms with Gasteiger partial charge in [0.25, 0.3) is 5.56 Å². The van der Waals surface area contributed by atoms with Crippen molar-refractivity contribution in [3.8, 4) is 0 Å². The van der Waals surface area contributed by atoms with E-state index < -0.39 is 0 Å². The number of aromatic nitrogens is 2. The number of hydrogen-bond acceptors (Lipinski definition) is 3. The topological polar surface area (TPSA) is 49.0 Å². The highest BCUT2D eigenvalue weighted by molar-refractivity contribution is 5.77. The summed E-state index contributed by atoms with van der Waals surface area (Å²) in [6.07, 6.45) is 3.54. The Morgan fingerprint density at radius 3 is 2.54 bits per heavy atom. The molecule has 1 fully saturated rings. The highest BCUT2D eigenvalue weighted by Gasteiger charge is 2.25. The first-order valence-electron chi connectivity index (χ1n) is 9.47. The van der Waals surface area contributed by atoms with Gasteiger partial charge in [-0.05, 0) is 62.9 Å². The minimum absolute atomic E-state index is 0.0450. The first kappa shape index (κ1) is 17.0. The van der Waals surface area contributed by atoms with E-state index in [0.29, 0.717) is 5.39 Å². The fourth-order valence-electron chi connectivity index (χ4n) is 3.97. The summed E-state index contributed by atoms with van der Waals surface area (Å²) >= 11 is 0. The van der Waals surface area contributed by atoms with Gasteiger partial charge in [0.05, 0.1) is 16.9 Å². The molecule has 1 saturated heterocycles. The van der Waals surface area contributed by atoms with Gasteiger partial charge < -0.3 is 4.98 Å². The van der Waals surface area contributed by atoms with Crippen molar-refractivity contribution in [3.05, 3.63) is 76.3 Å². The Balaban J connectivity index is 1.43. The molecule has 1 aliphatic rings. The van der Waals surface area contributed by atoms with Crippen molar-refractivity contribution in [1.29, 1.82) is 0 Å². The van der Waals surface area contributed by atoms with Gasteiger partial charge in [-0.1, -0.05) is 42.5 Å². The first-order chi connectivity index (χ1) is 12.7. The summed E-state index contributed by atoms with van der Waals surface area (Å²) in [4.78, 5) is 22.5. The van der Waals surface area contributed by atoms with Crippen LogP contribution >= 0.6 is 0 Å². The third-order valence-corrected chi connectivity index (χ3v) is 5.59. The monoisotopic (exact) mass is 347 g/mol. The molecule has 2 heterocycles. The number of rotatable bonds is 4. The second-order valence-electron chi connectivity index (χ2n) is 7.31. The number of hydrogen-bond donors (Lipinski definition) is 1. The summed E-state index contributed by atoms with van der Waals surface area (Å²) in [6.45, 7) is 4.25. The zero-order valence-corrected chi connectivity index (χ0v) is 15.2. The van der Waals surface area contributed by atoms with Crippen LogP contribution in [0.5, 0.6) is 0 Å². The van der Waals surface area contributed by atoms with Crippen molar-refractivity contribution in [2.24, 2.45) is 5.92 Å². The fraction of sp³-hybridized carbons (Fsp3) is 0.364. The highest BCUT2D eigenvalue weighted by atomic mass is 16.1. The lowest BCUT2D eigenvalue weighted by Crippen LogP contribution is -2.37. The van der Waals surface area contributed by atoms with Gasteiger partial charge in [0.1, 0.15) is 5.82 Å². The molecule has 1 atom stereocenters. The maximum atomic E-state index is 12.3. The molecule has 4 rings (SSSR count). The number of nitrogens with zero attached hydrogens (tertiary/aromatic N) is 2. The van der Waals surface area contributed by atoms with Crippen LogP contribution in [0.25, 0.3) is 10.9 Å². The average Bonchev–Trinajstić information content (AvgIpc) is 2.69. The number of benzene rings is 2. The third-order valence-electron chi connectivity index (χ3n) is 5.59. The maximum absolute atomic E-state index is 12.3. The lowest BCUT2D eigenvalue weighted by atomic mass is 9.89. The van der Waals surface area contributed by atoms with Crippen LogP contribution in [0.1, 0.15) is 37.2 Å². The van der Waals surface area contributed by atoms with E-state index >= 15 is 0 Å². The maximum Gasteiger partial charge on any atom is 0.258 e. The summed E-state index contributed by atoms with van der Waals surface area (Å²) in [5, 5.41) is 0.657. The largest absolute Gasteiger partial charge is 0.309 e. The van der Waals surface area contributed by atoms with Gasteiger partial charge in [-0.2, -0.15) is 0 Å². The second kappa shape index (κ2) is 7.42. The molecule has 0 saturated carbocycles. The van der Waals surface area contributed by atoms with Gasteiger partial charge in [0.2, 0.25) is 0 Å². The molecule has 1 aliphatic heterocycles. The molecular weight excluding hydrogens is 322 g/mol. The molecule has 26 heavy (non-hydrogen) atoms. The number of likely N-dealkylation sites (tertiary alicyclic amines) is 1. The van der Waals surface area contributed by atoms with Crippen LogP contribution in [0.3, 0.4) is 0 Å². The second-order valence-corrected chi connectivity index (χ2v) is 7.31. The molecule has 134 valence electrons. The van der Waals surface area contributed by atoms with Crippen molar-refractivity contribution in [1.82, 2.24) is 14.9 Å². The lowest BCUT2D eigenvalue weighted by Gasteiger charge is -2.35. The number of para-hydroxylation sites is 1. The molecule has 0 radical (unpaired) electrons. The summed E-state index contributed by atoms with van der Waals surface area (Å²) in [6, 6.07) is 18.4. The molecule has 1 aromatic heterocycles. The number of nitrogens with one attached hydrogen (secondary N) is 1. The predicted molar refractivity (Wildman–Crippen MR) is 105 cm³/mol. The Bertz CT molecular complexity index is 927. The molecule has 0 amide bonds. The Morgan fingerprint density at radius 1 is 1.08 bits per heavy atom. The number of piperidine rings is 1. The Labute approximate surface area is 153 Å². The Hall–Kier alpha value is -2.46. The predicted octanol–water partition coefficient (Wildman–Crippen LogP) is 3.94. The summed E-state index contributed by atoms with van der Waals surface area (Å²) < 4.78 is 0. The van der Waals surface area contributed by atoms with Gasteiger partial charge in [-0.3, -0.25) is 9.69 Å². The zero-order chi connectivity index (χ0) is 17.9. The van der Waals surface area contributed by atoms with E-state index in [2.05, 4.69) is 47.1 Å². The molecule has 1 N–H and O–H groups in total. The quantitative estimate of drug-likeness (QED) is 0.778. The molecule has 0 bridgehead atoms. The van der Waals surface area contributed by atoms with Gasteiger partial charge >= 0.3 is 0 Å². The smallest absolute Gasteiger partial charge is 0.258 e. The first-order valence-corrected chi connectivity index (χ1v) is 9.47. The van der Waals surface area contributed by atoms with Crippen LogP contribution in [-0.2, 0) is 6.42 Å². The minimum atomic E-state index is -0.0450. The minimum Gasteiger partial charge on any atom is -0.309 e. The van der Waals surface area contributed by atoms with Crippen LogP contribution in [0, 0.1) is 5.92 Å². The average molecular weight is 347 g/mol. The van der Waals surface area contributed by atoms with Crippen LogP contribution in [0.2, 0.25) is 0 Å². The molecule has 0 unspecified atom stereocenters. The van der Waals surface area contributed by atoms with Crippen molar-refractivity contribution in [3.63, 3.8) is 0 Å². The van der Waals surface area contributed by atoms with E-state index in [9.17, 15) is 4.79 Å². The third kappa shape index (κ3) is 3.56. The molecule has 4 heteroatoms. The Kier molecular flexibility index (Phi) is 4.85. The van der Waals surface area contributed by atoms with E-state index in [4.69, 9.17) is 4.98 Å². The fourth-order valence-corrected chi connectivity index (χ4v) is 3.97. The van der Waals surface area contributed by atoms with Crippen LogP contribution in [-0.4, -0.2) is 28.0 Å². The molecule has 0 spiro atoms. The van der Waals surface area contributed by atoms with E-state index in [-0.39, 0.29) is 11.6 Å². The van der Waals surface area contributed by atoms with Crippen LogP contribution in [0.15, 0.2) is 59.4 Å². The van der Waals surface area contributed by atoms with Crippen molar-refractivity contribution >= 4 is 10.9 Å². The van der Waals surface area contributed by atoms with E-state index in [1.807, 2.05) is 24.3 Å². The Morgan fingerprint density at radius 2 is 1.77 bits per heavy atom. The summed E-state index contributed by atoms with van der Waals surface area (Å²) in [5.41, 5.74) is 2.16. The SMILES string of the molecule is C[C@H](c1nc2ccccc2c(=O)[nH]1)N1CCC(Cc2ccccc2)CC1. The van der Waals surface area contributed by atoms with Gasteiger partial charge in [0.15, 0.2) is 0 Å². The summed E-state index contributed by atoms with van der Waals surface area (Å²) in [7, 11) is 0. The highest BCUT2D eigenvalue weighted by Crippen LogP contribution is 2.27. The van der Waals surface area contributed by atoms with Crippen molar-refractivity contribution < 1.29 is 0 Å². The van der Waals surface area contributed by atoms with Crippen molar-refractivity contribution in [2.45, 2.75) is 32.2 Å². The number of aromatic amines is 1. The van der Waals surface area contributed by atoms with Crippen LogP contribution < -0.4 is 5.56 Å². The normalized spacial score (nSPS) is 17.4. The number of fused-ring (bicyclic) bond motifs is 1. The standard InChI is InChI=1S/C22H25N3O/c1-16(21-23-20-10-6-5-9-19(20)22(26)24-21)25-13-11-18(12-14-25)15-17-7-3-2-4-8-17/h2-10,16,18H,11-15H2,1H3,(H,23,24,26)/t16-/m1/s1. The molecule has 4 nitrogen and oxygen atoms in total. The number of H-pyrrole nitrogens is 1. The molecule has 3 aromatic rings. The van der Waals surface area contributed by atoms with Crippen molar-refractivity contribution in [2.75, 3.05) is 13.1 Å². The van der Waals surface area contributed by atoms with Crippen LogP contribution in [0.4, 0.5) is 0 Å². The van der Waals surface area contributed by atoms with Gasteiger partial charge in [-0.15, -0.1) is 0 Å². The van der Waals surface area contributed by atoms with Gasteiger partial charge in [-0.25, -0.2) is 4.98 Å². The van der Waals surface area contributed by atoms with E-state index in [1.54, 1.807) is 0 Å². The van der Waals surface area contributed by atoms with E-state index in [1.165, 1.54) is 18.4 Å². The molecular formula is C22H25N3O. The van der Waals surface area contributed by atoms with Gasteiger partial charge in [0, 0.05) is 0 Å².